The first kappa shape index (κ1) is 8.11. The van der Waals surface area contributed by atoms with Gasteiger partial charge >= 0.3 is 0 Å². The first-order valence-corrected chi connectivity index (χ1v) is 4.85. The van der Waals surface area contributed by atoms with Crippen LogP contribution < -0.4 is 0 Å². The molecule has 0 aromatic rings. The Labute approximate surface area is 73.2 Å². The van der Waals surface area contributed by atoms with Gasteiger partial charge in [-0.25, -0.2) is 0 Å². The molecular formula is C10H16O2. The lowest BCUT2D eigenvalue weighted by Gasteiger charge is -2.27. The minimum atomic E-state index is -0.224. The summed E-state index contributed by atoms with van der Waals surface area (Å²) in [6, 6.07) is 0. The molecule has 0 saturated heterocycles. The van der Waals surface area contributed by atoms with E-state index in [1.165, 1.54) is 19.3 Å². The van der Waals surface area contributed by atoms with Gasteiger partial charge in [0.25, 0.3) is 0 Å². The van der Waals surface area contributed by atoms with Crippen molar-refractivity contribution in [1.82, 2.24) is 0 Å². The van der Waals surface area contributed by atoms with Gasteiger partial charge in [0.2, 0.25) is 0 Å². The number of aliphatic hydroxyl groups excluding tert-OH is 1. The number of rotatable bonds is 3. The second kappa shape index (κ2) is 3.48. The molecule has 0 radical (unpaired) electrons. The zero-order valence-electron chi connectivity index (χ0n) is 7.33. The van der Waals surface area contributed by atoms with Gasteiger partial charge in [-0.3, -0.25) is 0 Å². The Morgan fingerprint density at radius 2 is 2.42 bits per heavy atom. The fourth-order valence-corrected chi connectivity index (χ4v) is 1.84. The summed E-state index contributed by atoms with van der Waals surface area (Å²) in [5, 5.41) is 9.74. The summed E-state index contributed by atoms with van der Waals surface area (Å²) in [5.74, 6) is 0.779. The third-order valence-electron chi connectivity index (χ3n) is 2.95. The Hall–Kier alpha value is -0.500. The van der Waals surface area contributed by atoms with Gasteiger partial charge in [-0.2, -0.15) is 0 Å². The molecule has 2 rings (SSSR count). The lowest BCUT2D eigenvalue weighted by atomic mass is 9.80. The summed E-state index contributed by atoms with van der Waals surface area (Å²) in [5.41, 5.74) is 1.10. The average molecular weight is 168 g/mol. The third kappa shape index (κ3) is 1.63. The van der Waals surface area contributed by atoms with Crippen LogP contribution in [0.25, 0.3) is 0 Å². The summed E-state index contributed by atoms with van der Waals surface area (Å²) in [4.78, 5) is 0. The van der Waals surface area contributed by atoms with Gasteiger partial charge in [-0.05, 0) is 17.9 Å². The van der Waals surface area contributed by atoms with Crippen LogP contribution in [0.3, 0.4) is 0 Å². The normalized spacial score (nSPS) is 25.9. The number of hydrogen-bond donors (Lipinski definition) is 1. The first-order chi connectivity index (χ1) is 5.86. The van der Waals surface area contributed by atoms with Crippen molar-refractivity contribution in [2.75, 3.05) is 6.61 Å². The highest BCUT2D eigenvalue weighted by Gasteiger charge is 2.24. The summed E-state index contributed by atoms with van der Waals surface area (Å²) >= 11 is 0. The molecule has 0 amide bonds. The Morgan fingerprint density at radius 3 is 2.92 bits per heavy atom. The average Bonchev–Trinajstić information content (AvgIpc) is 2.47. The van der Waals surface area contributed by atoms with Crippen molar-refractivity contribution in [1.29, 1.82) is 0 Å². The van der Waals surface area contributed by atoms with Crippen molar-refractivity contribution in [2.45, 2.75) is 38.2 Å². The Morgan fingerprint density at radius 1 is 1.58 bits per heavy atom. The predicted octanol–water partition coefficient (Wildman–Crippen LogP) is 1.84. The zero-order chi connectivity index (χ0) is 8.39. The molecule has 0 bridgehead atoms. The van der Waals surface area contributed by atoms with Gasteiger partial charge in [0.1, 0.15) is 0 Å². The van der Waals surface area contributed by atoms with Crippen LogP contribution >= 0.6 is 0 Å². The van der Waals surface area contributed by atoms with Gasteiger partial charge in [0.05, 0.1) is 19.0 Å². The van der Waals surface area contributed by atoms with E-state index >= 15 is 0 Å². The molecule has 12 heavy (non-hydrogen) atoms. The molecule has 68 valence electrons. The smallest absolute Gasteiger partial charge is 0.0912 e. The molecule has 0 aromatic carbocycles. The van der Waals surface area contributed by atoms with Crippen molar-refractivity contribution in [3.8, 4) is 0 Å². The predicted molar refractivity (Wildman–Crippen MR) is 46.6 cm³/mol. The van der Waals surface area contributed by atoms with E-state index in [1.54, 1.807) is 6.26 Å². The molecule has 1 aliphatic heterocycles. The van der Waals surface area contributed by atoms with Crippen LogP contribution in [-0.4, -0.2) is 17.8 Å². The molecule has 2 nitrogen and oxygen atoms in total. The van der Waals surface area contributed by atoms with Crippen molar-refractivity contribution in [3.05, 3.63) is 11.8 Å². The number of aliphatic hydroxyl groups is 1. The second-order valence-electron chi connectivity index (χ2n) is 3.86. The van der Waals surface area contributed by atoms with E-state index in [9.17, 15) is 5.11 Å². The lowest BCUT2D eigenvalue weighted by Crippen LogP contribution is -2.20. The fraction of sp³-hybridized carbons (Fsp3) is 0.800. The van der Waals surface area contributed by atoms with Crippen LogP contribution in [-0.2, 0) is 4.74 Å². The molecule has 2 aliphatic rings. The summed E-state index contributed by atoms with van der Waals surface area (Å²) < 4.78 is 5.09. The molecule has 1 aliphatic carbocycles. The van der Waals surface area contributed by atoms with Gasteiger partial charge < -0.3 is 9.84 Å². The van der Waals surface area contributed by atoms with E-state index in [-0.39, 0.29) is 6.10 Å². The monoisotopic (exact) mass is 168 g/mol. The van der Waals surface area contributed by atoms with E-state index in [4.69, 9.17) is 4.74 Å². The molecule has 1 unspecified atom stereocenters. The maximum Gasteiger partial charge on any atom is 0.0912 e. The minimum absolute atomic E-state index is 0.224. The van der Waals surface area contributed by atoms with Crippen LogP contribution in [0.1, 0.15) is 32.1 Å². The highest BCUT2D eigenvalue weighted by Crippen LogP contribution is 2.32. The van der Waals surface area contributed by atoms with Crippen LogP contribution in [0, 0.1) is 5.92 Å². The van der Waals surface area contributed by atoms with Crippen LogP contribution in [0.15, 0.2) is 11.8 Å². The Bertz CT molecular complexity index is 182. The molecule has 0 spiro atoms. The summed E-state index contributed by atoms with van der Waals surface area (Å²) in [6.45, 7) is 0.761. The molecule has 0 aromatic heterocycles. The van der Waals surface area contributed by atoms with Crippen molar-refractivity contribution >= 4 is 0 Å². The third-order valence-corrected chi connectivity index (χ3v) is 2.95. The van der Waals surface area contributed by atoms with E-state index in [1.807, 2.05) is 0 Å². The maximum atomic E-state index is 9.74. The summed E-state index contributed by atoms with van der Waals surface area (Å²) in [6.07, 6.45) is 7.37. The van der Waals surface area contributed by atoms with Gasteiger partial charge in [-0.1, -0.05) is 19.3 Å². The van der Waals surface area contributed by atoms with Gasteiger partial charge in [0.15, 0.2) is 0 Å². The molecule has 1 heterocycles. The van der Waals surface area contributed by atoms with E-state index in [0.717, 1.165) is 30.9 Å². The molecule has 1 saturated carbocycles. The highest BCUT2D eigenvalue weighted by molar-refractivity contribution is 5.08. The van der Waals surface area contributed by atoms with Gasteiger partial charge in [0, 0.05) is 6.42 Å². The van der Waals surface area contributed by atoms with Crippen molar-refractivity contribution in [2.24, 2.45) is 5.92 Å². The van der Waals surface area contributed by atoms with Crippen LogP contribution in [0.5, 0.6) is 0 Å². The summed E-state index contributed by atoms with van der Waals surface area (Å²) in [7, 11) is 0. The topological polar surface area (TPSA) is 29.5 Å². The van der Waals surface area contributed by atoms with Gasteiger partial charge in [-0.15, -0.1) is 0 Å². The lowest BCUT2D eigenvalue weighted by molar-refractivity contribution is 0.143. The molecule has 1 atom stereocenters. The first-order valence-electron chi connectivity index (χ1n) is 4.85. The fourth-order valence-electron chi connectivity index (χ4n) is 1.84. The standard InChI is InChI=1S/C10H16O2/c11-10(6-8-2-1-3-8)9-4-5-12-7-9/h7-8,10-11H,1-6H2. The van der Waals surface area contributed by atoms with Crippen LogP contribution in [0.4, 0.5) is 0 Å². The maximum absolute atomic E-state index is 9.74. The number of hydrogen-bond acceptors (Lipinski definition) is 2. The molecular weight excluding hydrogens is 152 g/mol. The molecule has 1 N–H and O–H groups in total. The Kier molecular flexibility index (Phi) is 2.35. The SMILES string of the molecule is OC(CC1CCC1)C1=COCC1. The highest BCUT2D eigenvalue weighted by atomic mass is 16.5. The van der Waals surface area contributed by atoms with E-state index < -0.39 is 0 Å². The van der Waals surface area contributed by atoms with Crippen molar-refractivity contribution < 1.29 is 9.84 Å². The number of ether oxygens (including phenoxy) is 1. The molecule has 1 fully saturated rings. The largest absolute Gasteiger partial charge is 0.501 e. The quantitative estimate of drug-likeness (QED) is 0.696. The van der Waals surface area contributed by atoms with E-state index in [2.05, 4.69) is 0 Å². The Balaban J connectivity index is 1.78. The van der Waals surface area contributed by atoms with E-state index in [0.29, 0.717) is 0 Å². The minimum Gasteiger partial charge on any atom is -0.501 e. The van der Waals surface area contributed by atoms with Crippen LogP contribution in [0.2, 0.25) is 0 Å². The molecule has 2 heteroatoms. The van der Waals surface area contributed by atoms with Crippen molar-refractivity contribution in [3.63, 3.8) is 0 Å². The second-order valence-corrected chi connectivity index (χ2v) is 3.86. The zero-order valence-corrected chi connectivity index (χ0v) is 7.33.